The molecule has 4 heteroatoms. The van der Waals surface area contributed by atoms with Crippen LogP contribution in [0, 0.1) is 12.8 Å². The molecule has 0 radical (unpaired) electrons. The van der Waals surface area contributed by atoms with Crippen LogP contribution in [-0.4, -0.2) is 23.3 Å². The van der Waals surface area contributed by atoms with Crippen molar-refractivity contribution in [3.8, 4) is 0 Å². The van der Waals surface area contributed by atoms with E-state index in [9.17, 15) is 0 Å². The van der Waals surface area contributed by atoms with Gasteiger partial charge in [-0.15, -0.1) is 5.10 Å². The second-order valence-electron chi connectivity index (χ2n) is 3.85. The van der Waals surface area contributed by atoms with Gasteiger partial charge >= 0.3 is 0 Å². The molecule has 1 aromatic heterocycles. The fraction of sp³-hybridized carbons (Fsp3) is 0.636. The number of rotatable bonds is 6. The summed E-state index contributed by atoms with van der Waals surface area (Å²) in [5, 5.41) is 11.2. The van der Waals surface area contributed by atoms with Crippen LogP contribution in [0.3, 0.4) is 0 Å². The van der Waals surface area contributed by atoms with Crippen molar-refractivity contribution in [1.29, 1.82) is 0 Å². The quantitative estimate of drug-likeness (QED) is 0.745. The molecule has 0 aromatic carbocycles. The Kier molecular flexibility index (Phi) is 5.04. The van der Waals surface area contributed by atoms with E-state index in [0.717, 1.165) is 37.3 Å². The zero-order valence-electron chi connectivity index (χ0n) is 9.53. The molecule has 84 valence electrons. The van der Waals surface area contributed by atoms with Gasteiger partial charge in [0.15, 0.2) is 0 Å². The highest BCUT2D eigenvalue weighted by atomic mass is 15.2. The molecule has 0 fully saturated rings. The minimum absolute atomic E-state index is 0.623. The van der Waals surface area contributed by atoms with E-state index in [1.54, 1.807) is 6.20 Å². The van der Waals surface area contributed by atoms with Gasteiger partial charge in [0.05, 0.1) is 6.20 Å². The summed E-state index contributed by atoms with van der Waals surface area (Å²) in [6.45, 7) is 5.87. The third-order valence-corrected chi connectivity index (χ3v) is 2.52. The molecule has 1 atom stereocenters. The fourth-order valence-electron chi connectivity index (χ4n) is 1.49. The van der Waals surface area contributed by atoms with Gasteiger partial charge in [0, 0.05) is 6.54 Å². The van der Waals surface area contributed by atoms with Crippen molar-refractivity contribution >= 4 is 5.82 Å². The molecular formula is C11H20N4. The molecule has 1 unspecified atom stereocenters. The second-order valence-corrected chi connectivity index (χ2v) is 3.85. The molecule has 0 spiro atoms. The molecule has 0 aliphatic rings. The highest BCUT2D eigenvalue weighted by molar-refractivity contribution is 5.34. The molecule has 0 bridgehead atoms. The third-order valence-electron chi connectivity index (χ3n) is 2.52. The molecule has 1 rings (SSSR count). The molecule has 0 amide bonds. The van der Waals surface area contributed by atoms with Gasteiger partial charge in [-0.2, -0.15) is 5.10 Å². The van der Waals surface area contributed by atoms with E-state index in [-0.39, 0.29) is 0 Å². The van der Waals surface area contributed by atoms with E-state index in [2.05, 4.69) is 22.4 Å². The summed E-state index contributed by atoms with van der Waals surface area (Å²) in [4.78, 5) is 0. The van der Waals surface area contributed by atoms with Crippen LogP contribution >= 0.6 is 0 Å². The Hall–Kier alpha value is -1.16. The zero-order chi connectivity index (χ0) is 11.1. The van der Waals surface area contributed by atoms with Crippen molar-refractivity contribution in [3.63, 3.8) is 0 Å². The number of nitrogens with zero attached hydrogens (tertiary/aromatic N) is 2. The summed E-state index contributed by atoms with van der Waals surface area (Å²) < 4.78 is 0. The molecule has 1 heterocycles. The van der Waals surface area contributed by atoms with Crippen LogP contribution in [0.15, 0.2) is 12.3 Å². The first-order valence-corrected chi connectivity index (χ1v) is 5.49. The number of nitrogens with one attached hydrogen (secondary N) is 1. The van der Waals surface area contributed by atoms with Crippen molar-refractivity contribution in [2.75, 3.05) is 18.4 Å². The molecule has 3 N–H and O–H groups in total. The highest BCUT2D eigenvalue weighted by Gasteiger charge is 2.05. The van der Waals surface area contributed by atoms with Gasteiger partial charge in [-0.1, -0.05) is 13.3 Å². The molecule has 15 heavy (non-hydrogen) atoms. The minimum atomic E-state index is 0.623. The smallest absolute Gasteiger partial charge is 0.148 e. The Morgan fingerprint density at radius 2 is 2.33 bits per heavy atom. The topological polar surface area (TPSA) is 63.8 Å². The largest absolute Gasteiger partial charge is 0.368 e. The van der Waals surface area contributed by atoms with Crippen LogP contribution < -0.4 is 11.1 Å². The Balaban J connectivity index is 2.41. The van der Waals surface area contributed by atoms with Crippen molar-refractivity contribution < 1.29 is 0 Å². The first-order valence-electron chi connectivity index (χ1n) is 5.49. The van der Waals surface area contributed by atoms with Crippen molar-refractivity contribution in [2.45, 2.75) is 26.7 Å². The summed E-state index contributed by atoms with van der Waals surface area (Å²) >= 11 is 0. The second kappa shape index (κ2) is 6.35. The maximum Gasteiger partial charge on any atom is 0.148 e. The van der Waals surface area contributed by atoms with Crippen LogP contribution in [0.4, 0.5) is 5.82 Å². The summed E-state index contributed by atoms with van der Waals surface area (Å²) in [5.74, 6) is 1.47. The number of aryl methyl sites for hydroxylation is 1. The summed E-state index contributed by atoms with van der Waals surface area (Å²) in [5.41, 5.74) is 6.67. The Labute approximate surface area is 91.3 Å². The normalized spacial score (nSPS) is 12.5. The van der Waals surface area contributed by atoms with E-state index in [4.69, 9.17) is 5.73 Å². The molecule has 0 aliphatic heterocycles. The minimum Gasteiger partial charge on any atom is -0.368 e. The zero-order valence-corrected chi connectivity index (χ0v) is 9.53. The number of hydrogen-bond acceptors (Lipinski definition) is 4. The first kappa shape index (κ1) is 11.9. The van der Waals surface area contributed by atoms with Gasteiger partial charge in [-0.05, 0) is 37.4 Å². The number of nitrogens with two attached hydrogens (primary N) is 1. The highest BCUT2D eigenvalue weighted by Crippen LogP contribution is 2.09. The van der Waals surface area contributed by atoms with E-state index < -0.39 is 0 Å². The van der Waals surface area contributed by atoms with Crippen molar-refractivity contribution in [2.24, 2.45) is 11.7 Å². The van der Waals surface area contributed by atoms with E-state index in [1.807, 2.05) is 13.0 Å². The Bertz CT molecular complexity index is 288. The number of aromatic nitrogens is 2. The molecule has 0 aliphatic carbocycles. The molecule has 1 aromatic rings. The van der Waals surface area contributed by atoms with Crippen LogP contribution in [0.5, 0.6) is 0 Å². The van der Waals surface area contributed by atoms with Gasteiger partial charge < -0.3 is 11.1 Å². The van der Waals surface area contributed by atoms with Crippen LogP contribution in [0.1, 0.15) is 25.3 Å². The van der Waals surface area contributed by atoms with Gasteiger partial charge in [0.25, 0.3) is 0 Å². The van der Waals surface area contributed by atoms with Gasteiger partial charge in [0.2, 0.25) is 0 Å². The van der Waals surface area contributed by atoms with E-state index in [1.165, 1.54) is 0 Å². The van der Waals surface area contributed by atoms with Gasteiger partial charge in [-0.3, -0.25) is 0 Å². The predicted octanol–water partition coefficient (Wildman–Crippen LogP) is 1.57. The lowest BCUT2D eigenvalue weighted by Gasteiger charge is -2.14. The van der Waals surface area contributed by atoms with Gasteiger partial charge in [-0.25, -0.2) is 0 Å². The average molecular weight is 208 g/mol. The van der Waals surface area contributed by atoms with Crippen LogP contribution in [0.25, 0.3) is 0 Å². The standard InChI is InChI=1S/C11H20N4/c1-3-10(4-5-12)8-13-11-6-9(2)7-14-15-11/h6-7,10H,3-5,8,12H2,1-2H3,(H,13,15). The lowest BCUT2D eigenvalue weighted by molar-refractivity contribution is 0.500. The summed E-state index contributed by atoms with van der Waals surface area (Å²) in [6, 6.07) is 2.00. The molecule has 0 saturated heterocycles. The number of anilines is 1. The lowest BCUT2D eigenvalue weighted by Crippen LogP contribution is -2.18. The van der Waals surface area contributed by atoms with Crippen LogP contribution in [0.2, 0.25) is 0 Å². The van der Waals surface area contributed by atoms with Crippen molar-refractivity contribution in [3.05, 3.63) is 17.8 Å². The fourth-order valence-corrected chi connectivity index (χ4v) is 1.49. The SMILES string of the molecule is CCC(CCN)CNc1cc(C)cnn1. The number of hydrogen-bond donors (Lipinski definition) is 2. The first-order chi connectivity index (χ1) is 7.26. The van der Waals surface area contributed by atoms with Crippen molar-refractivity contribution in [1.82, 2.24) is 10.2 Å². The Morgan fingerprint density at radius 1 is 1.53 bits per heavy atom. The molecule has 0 saturated carbocycles. The monoisotopic (exact) mass is 208 g/mol. The van der Waals surface area contributed by atoms with Crippen LogP contribution in [-0.2, 0) is 0 Å². The molecule has 4 nitrogen and oxygen atoms in total. The van der Waals surface area contributed by atoms with E-state index >= 15 is 0 Å². The average Bonchev–Trinajstić information content (AvgIpc) is 2.24. The maximum atomic E-state index is 5.54. The summed E-state index contributed by atoms with van der Waals surface area (Å²) in [7, 11) is 0. The summed E-state index contributed by atoms with van der Waals surface area (Å²) in [6.07, 6.45) is 3.95. The lowest BCUT2D eigenvalue weighted by atomic mass is 10.0. The Morgan fingerprint density at radius 3 is 2.93 bits per heavy atom. The maximum absolute atomic E-state index is 5.54. The van der Waals surface area contributed by atoms with E-state index in [0.29, 0.717) is 5.92 Å². The third kappa shape index (κ3) is 4.25. The predicted molar refractivity (Wildman–Crippen MR) is 62.7 cm³/mol. The molecular weight excluding hydrogens is 188 g/mol. The van der Waals surface area contributed by atoms with Gasteiger partial charge in [0.1, 0.15) is 5.82 Å².